The summed E-state index contributed by atoms with van der Waals surface area (Å²) in [5.74, 6) is -0.259. The van der Waals surface area contributed by atoms with Crippen molar-refractivity contribution >= 4 is 18.3 Å². The van der Waals surface area contributed by atoms with Gasteiger partial charge in [0.2, 0.25) is 0 Å². The molecule has 0 unspecified atom stereocenters. The van der Waals surface area contributed by atoms with Gasteiger partial charge in [0.1, 0.15) is 12.0 Å². The molecule has 17 heavy (non-hydrogen) atoms. The first-order valence-electron chi connectivity index (χ1n) is 5.27. The topological polar surface area (TPSA) is 63.6 Å². The van der Waals surface area contributed by atoms with Gasteiger partial charge in [-0.3, -0.25) is 9.59 Å². The van der Waals surface area contributed by atoms with Crippen molar-refractivity contribution in [1.82, 2.24) is 0 Å². The summed E-state index contributed by atoms with van der Waals surface area (Å²) >= 11 is 0. The molecule has 0 aliphatic rings. The Balaban J connectivity index is 2.70. The Bertz CT molecular complexity index is 435. The first-order chi connectivity index (χ1) is 8.17. The van der Waals surface area contributed by atoms with Crippen LogP contribution in [0.4, 0.5) is 0 Å². The van der Waals surface area contributed by atoms with Crippen molar-refractivity contribution < 1.29 is 19.4 Å². The quantitative estimate of drug-likeness (QED) is 0.626. The van der Waals surface area contributed by atoms with Crippen molar-refractivity contribution in [3.8, 4) is 5.75 Å². The zero-order chi connectivity index (χ0) is 12.7. The summed E-state index contributed by atoms with van der Waals surface area (Å²) in [6.07, 6.45) is 4.00. The molecule has 1 aromatic carbocycles. The highest BCUT2D eigenvalue weighted by molar-refractivity contribution is 5.78. The van der Waals surface area contributed by atoms with Gasteiger partial charge in [-0.25, -0.2) is 0 Å². The lowest BCUT2D eigenvalue weighted by Crippen LogP contribution is -2.01. The molecule has 0 spiro atoms. The van der Waals surface area contributed by atoms with Crippen LogP contribution >= 0.6 is 0 Å². The highest BCUT2D eigenvalue weighted by Gasteiger charge is 2.00. The average Bonchev–Trinajstić information content (AvgIpc) is 2.32. The molecule has 0 saturated carbocycles. The molecule has 0 aromatic heterocycles. The predicted octanol–water partition coefficient (Wildman–Crippen LogP) is 2.17. The molecule has 1 rings (SSSR count). The molecule has 0 atom stereocenters. The predicted molar refractivity (Wildman–Crippen MR) is 63.8 cm³/mol. The summed E-state index contributed by atoms with van der Waals surface area (Å²) in [5.41, 5.74) is 0.970. The largest absolute Gasteiger partial charge is 0.507 e. The number of esters is 1. The zero-order valence-corrected chi connectivity index (χ0v) is 9.55. The highest BCUT2D eigenvalue weighted by Crippen LogP contribution is 2.19. The van der Waals surface area contributed by atoms with Crippen molar-refractivity contribution in [2.75, 3.05) is 6.61 Å². The van der Waals surface area contributed by atoms with Gasteiger partial charge in [0.25, 0.3) is 0 Å². The van der Waals surface area contributed by atoms with Gasteiger partial charge >= 0.3 is 5.97 Å². The number of aldehydes is 1. The third-order valence-electron chi connectivity index (χ3n) is 2.07. The molecule has 1 N–H and O–H groups in total. The molecule has 1 aromatic rings. The summed E-state index contributed by atoms with van der Waals surface area (Å²) in [6.45, 7) is 2.08. The molecule has 0 amide bonds. The Hall–Kier alpha value is -2.10. The third-order valence-corrected chi connectivity index (χ3v) is 2.07. The van der Waals surface area contributed by atoms with Crippen LogP contribution in [0.15, 0.2) is 24.3 Å². The van der Waals surface area contributed by atoms with E-state index < -0.39 is 0 Å². The Morgan fingerprint density at radius 2 is 2.24 bits per heavy atom. The van der Waals surface area contributed by atoms with Crippen LogP contribution < -0.4 is 0 Å². The first kappa shape index (κ1) is 13.0. The number of hydrogen-bond acceptors (Lipinski definition) is 4. The van der Waals surface area contributed by atoms with Crippen LogP contribution in [0.2, 0.25) is 0 Å². The first-order valence-corrected chi connectivity index (χ1v) is 5.27. The molecule has 4 nitrogen and oxygen atoms in total. The fourth-order valence-electron chi connectivity index (χ4n) is 1.28. The SMILES string of the molecule is CCOC(=O)CC=Cc1cc(C=O)ccc1O. The van der Waals surface area contributed by atoms with Crippen molar-refractivity contribution in [1.29, 1.82) is 0 Å². The molecule has 4 heteroatoms. The number of ether oxygens (including phenoxy) is 1. The minimum atomic E-state index is -0.324. The maximum absolute atomic E-state index is 11.0. The summed E-state index contributed by atoms with van der Waals surface area (Å²) < 4.78 is 4.75. The Morgan fingerprint density at radius 3 is 2.88 bits per heavy atom. The molecule has 90 valence electrons. The molecular formula is C13H14O4. The highest BCUT2D eigenvalue weighted by atomic mass is 16.5. The van der Waals surface area contributed by atoms with Crippen molar-refractivity contribution in [2.24, 2.45) is 0 Å². The summed E-state index contributed by atoms with van der Waals surface area (Å²) in [4.78, 5) is 21.6. The lowest BCUT2D eigenvalue weighted by atomic mass is 10.1. The summed E-state index contributed by atoms with van der Waals surface area (Å²) in [5, 5.41) is 9.52. The standard InChI is InChI=1S/C13H14O4/c1-2-17-13(16)5-3-4-11-8-10(9-14)6-7-12(11)15/h3-4,6-9,15H,2,5H2,1H3. The number of hydrogen-bond donors (Lipinski definition) is 1. The molecule has 0 radical (unpaired) electrons. The van der Waals surface area contributed by atoms with E-state index in [0.29, 0.717) is 24.0 Å². The van der Waals surface area contributed by atoms with E-state index in [0.717, 1.165) is 0 Å². The fraction of sp³-hybridized carbons (Fsp3) is 0.231. The van der Waals surface area contributed by atoms with E-state index in [2.05, 4.69) is 0 Å². The van der Waals surface area contributed by atoms with E-state index in [9.17, 15) is 14.7 Å². The molecule has 0 fully saturated rings. The van der Waals surface area contributed by atoms with E-state index in [1.807, 2.05) is 0 Å². The van der Waals surface area contributed by atoms with Gasteiger partial charge in [-0.15, -0.1) is 0 Å². The Kier molecular flexibility index (Phi) is 4.94. The lowest BCUT2D eigenvalue weighted by molar-refractivity contribution is -0.142. The van der Waals surface area contributed by atoms with E-state index in [-0.39, 0.29) is 18.1 Å². The zero-order valence-electron chi connectivity index (χ0n) is 9.55. The van der Waals surface area contributed by atoms with Crippen molar-refractivity contribution in [3.63, 3.8) is 0 Å². The van der Waals surface area contributed by atoms with Gasteiger partial charge in [0.05, 0.1) is 13.0 Å². The second kappa shape index (κ2) is 6.48. The monoisotopic (exact) mass is 234 g/mol. The number of phenols is 1. The van der Waals surface area contributed by atoms with Gasteiger partial charge < -0.3 is 9.84 Å². The smallest absolute Gasteiger partial charge is 0.309 e. The normalized spacial score (nSPS) is 10.4. The van der Waals surface area contributed by atoms with Gasteiger partial charge in [0, 0.05) is 11.1 Å². The molecule has 0 aliphatic heterocycles. The number of rotatable bonds is 5. The number of benzene rings is 1. The number of aromatic hydroxyl groups is 1. The van der Waals surface area contributed by atoms with Crippen LogP contribution in [0.1, 0.15) is 29.3 Å². The molecular weight excluding hydrogens is 220 g/mol. The molecule has 0 bridgehead atoms. The van der Waals surface area contributed by atoms with Crippen molar-refractivity contribution in [3.05, 3.63) is 35.4 Å². The van der Waals surface area contributed by atoms with E-state index in [1.165, 1.54) is 12.1 Å². The van der Waals surface area contributed by atoms with E-state index >= 15 is 0 Å². The number of carbonyl (C=O) groups is 2. The van der Waals surface area contributed by atoms with Crippen LogP contribution in [0.3, 0.4) is 0 Å². The van der Waals surface area contributed by atoms with E-state index in [1.54, 1.807) is 25.1 Å². The maximum atomic E-state index is 11.0. The van der Waals surface area contributed by atoms with Crippen LogP contribution in [0.5, 0.6) is 5.75 Å². The lowest BCUT2D eigenvalue weighted by Gasteiger charge is -2.00. The van der Waals surface area contributed by atoms with Crippen LogP contribution in [0, 0.1) is 0 Å². The average molecular weight is 234 g/mol. The van der Waals surface area contributed by atoms with Gasteiger partial charge in [0.15, 0.2) is 0 Å². The second-order valence-electron chi connectivity index (χ2n) is 3.35. The number of carbonyl (C=O) groups excluding carboxylic acids is 2. The summed E-state index contributed by atoms with van der Waals surface area (Å²) in [7, 11) is 0. The summed E-state index contributed by atoms with van der Waals surface area (Å²) in [6, 6.07) is 4.50. The van der Waals surface area contributed by atoms with Crippen LogP contribution in [-0.2, 0) is 9.53 Å². The fourth-order valence-corrected chi connectivity index (χ4v) is 1.28. The molecule has 0 heterocycles. The third kappa shape index (κ3) is 4.10. The molecule has 0 saturated heterocycles. The number of phenolic OH excluding ortho intramolecular Hbond substituents is 1. The second-order valence-corrected chi connectivity index (χ2v) is 3.35. The van der Waals surface area contributed by atoms with Crippen LogP contribution in [-0.4, -0.2) is 24.0 Å². The van der Waals surface area contributed by atoms with Crippen LogP contribution in [0.25, 0.3) is 6.08 Å². The maximum Gasteiger partial charge on any atom is 0.309 e. The van der Waals surface area contributed by atoms with Crippen molar-refractivity contribution in [2.45, 2.75) is 13.3 Å². The molecule has 0 aliphatic carbocycles. The van der Waals surface area contributed by atoms with Gasteiger partial charge in [-0.1, -0.05) is 12.2 Å². The minimum absolute atomic E-state index is 0.0655. The van der Waals surface area contributed by atoms with Gasteiger partial charge in [-0.2, -0.15) is 0 Å². The van der Waals surface area contributed by atoms with E-state index in [4.69, 9.17) is 4.74 Å². The van der Waals surface area contributed by atoms with Gasteiger partial charge in [-0.05, 0) is 25.1 Å². The Labute approximate surface area is 99.5 Å². The minimum Gasteiger partial charge on any atom is -0.507 e. The Morgan fingerprint density at radius 1 is 1.47 bits per heavy atom.